The van der Waals surface area contributed by atoms with Crippen LogP contribution in [0.2, 0.25) is 0 Å². The van der Waals surface area contributed by atoms with Gasteiger partial charge in [-0.15, -0.1) is 0 Å². The van der Waals surface area contributed by atoms with Gasteiger partial charge in [-0.3, -0.25) is 0 Å². The van der Waals surface area contributed by atoms with Gasteiger partial charge < -0.3 is 0 Å². The van der Waals surface area contributed by atoms with E-state index in [0.29, 0.717) is 79.0 Å². The molecule has 0 heterocycles. The molecule has 4 N–H and O–H groups in total. The first-order valence-corrected chi connectivity index (χ1v) is 18.2. The number of rotatable bonds is 16. The minimum absolute atomic E-state index is 0.251. The third-order valence-corrected chi connectivity index (χ3v) is 14.5. The van der Waals surface area contributed by atoms with Gasteiger partial charge in [0.1, 0.15) is 0 Å². The zero-order valence-electron chi connectivity index (χ0n) is 28.9. The molecule has 1 unspecified atom stereocenters. The molecule has 0 aliphatic heterocycles. The predicted molar refractivity (Wildman–Crippen MR) is 192 cm³/mol. The molecule has 0 saturated carbocycles. The maximum atomic E-state index is 11.1. The van der Waals surface area contributed by atoms with Crippen LogP contribution >= 0.6 is 7.26 Å². The van der Waals surface area contributed by atoms with Gasteiger partial charge in [-0.05, 0) is 0 Å². The van der Waals surface area contributed by atoms with Crippen LogP contribution in [0.15, 0.2) is 60.7 Å². The van der Waals surface area contributed by atoms with Crippen molar-refractivity contribution in [3.8, 4) is 28.7 Å². The van der Waals surface area contributed by atoms with Crippen LogP contribution in [0.1, 0.15) is 59.6 Å². The summed E-state index contributed by atoms with van der Waals surface area (Å²) < 4.78 is 29.7. The fourth-order valence-electron chi connectivity index (χ4n) is 6.81. The summed E-state index contributed by atoms with van der Waals surface area (Å²) >= 11 is 0. The molecule has 0 saturated heterocycles. The Labute approximate surface area is 284 Å². The van der Waals surface area contributed by atoms with E-state index >= 15 is 0 Å². The minimum atomic E-state index is -3.77. The van der Waals surface area contributed by atoms with Crippen molar-refractivity contribution in [2.45, 2.75) is 58.8 Å². The molecular weight excluding hydrogens is 631 g/mol. The third-order valence-electron chi connectivity index (χ3n) is 9.29. The molecule has 0 radical (unpaired) electrons. The van der Waals surface area contributed by atoms with Crippen molar-refractivity contribution in [2.24, 2.45) is 0 Å². The standard InChI is InChI=1S/C38H49O9P/c1-8-24(2)27-11-9-25(10-12-27)23-48(36-28(20-40)15-31(43-3)16-29(36)21-41,37-30(22-42)17-32(44-4)18-35(37)47-7)38-33(45-5)13-26(19-39)14-34(38)46-6/h9-18,24,39-42,48H,8,19-23H2,1-7H3. The Bertz CT molecular complexity index is 1460. The van der Waals surface area contributed by atoms with Crippen molar-refractivity contribution in [1.82, 2.24) is 0 Å². The summed E-state index contributed by atoms with van der Waals surface area (Å²) in [5, 5.41) is 45.5. The van der Waals surface area contributed by atoms with Gasteiger partial charge in [-0.25, -0.2) is 0 Å². The van der Waals surface area contributed by atoms with Gasteiger partial charge in [0.2, 0.25) is 0 Å². The number of ether oxygens (including phenoxy) is 5. The van der Waals surface area contributed by atoms with E-state index in [9.17, 15) is 20.4 Å². The molecule has 1 atom stereocenters. The Balaban J connectivity index is 2.37. The van der Waals surface area contributed by atoms with Crippen LogP contribution in [0.3, 0.4) is 0 Å². The summed E-state index contributed by atoms with van der Waals surface area (Å²) in [5.74, 6) is 2.71. The second kappa shape index (κ2) is 16.5. The fraction of sp³-hybridized carbons (Fsp3) is 0.368. The average molecular weight is 681 g/mol. The monoisotopic (exact) mass is 680 g/mol. The molecule has 4 rings (SSSR count). The number of benzene rings is 4. The average Bonchev–Trinajstić information content (AvgIpc) is 3.15. The predicted octanol–water partition coefficient (Wildman–Crippen LogP) is 4.44. The van der Waals surface area contributed by atoms with Crippen LogP contribution < -0.4 is 39.6 Å². The van der Waals surface area contributed by atoms with Crippen molar-refractivity contribution < 1.29 is 44.1 Å². The van der Waals surface area contributed by atoms with E-state index in [1.807, 2.05) is 0 Å². The zero-order valence-corrected chi connectivity index (χ0v) is 29.9. The molecule has 9 nitrogen and oxygen atoms in total. The summed E-state index contributed by atoms with van der Waals surface area (Å²) in [6.45, 7) is 3.01. The first kappa shape index (κ1) is 37.0. The van der Waals surface area contributed by atoms with Gasteiger partial charge in [0.05, 0.1) is 0 Å². The SMILES string of the molecule is CCC(C)c1ccc(C[PH](c2c(CO)cc(OC)cc2CO)(c2c(CO)cc(OC)cc2OC)c2c(OC)cc(CO)cc2OC)cc1. The van der Waals surface area contributed by atoms with Gasteiger partial charge in [0, 0.05) is 0 Å². The van der Waals surface area contributed by atoms with Crippen LogP contribution in [0, 0.1) is 0 Å². The van der Waals surface area contributed by atoms with Crippen molar-refractivity contribution in [2.75, 3.05) is 35.5 Å². The Morgan fingerprint density at radius 3 is 1.42 bits per heavy atom. The number of aliphatic hydroxyl groups is 4. The van der Waals surface area contributed by atoms with Crippen LogP contribution in [-0.4, -0.2) is 56.0 Å². The zero-order chi connectivity index (χ0) is 35.0. The molecular formula is C38H49O9P. The Morgan fingerprint density at radius 1 is 0.542 bits per heavy atom. The Kier molecular flexibility index (Phi) is 12.7. The molecule has 4 aromatic rings. The summed E-state index contributed by atoms with van der Waals surface area (Å²) in [7, 11) is 4.01. The summed E-state index contributed by atoms with van der Waals surface area (Å²) in [4.78, 5) is 0. The molecule has 10 heteroatoms. The summed E-state index contributed by atoms with van der Waals surface area (Å²) in [6.07, 6.45) is 1.39. The van der Waals surface area contributed by atoms with Crippen molar-refractivity contribution in [1.29, 1.82) is 0 Å². The molecule has 0 amide bonds. The molecule has 0 fully saturated rings. The Hall–Kier alpha value is -3.85. The number of aliphatic hydroxyl groups excluding tert-OH is 4. The Morgan fingerprint density at radius 2 is 1.00 bits per heavy atom. The van der Waals surface area contributed by atoms with E-state index in [2.05, 4.69) is 38.1 Å². The van der Waals surface area contributed by atoms with Crippen molar-refractivity contribution >= 4 is 23.2 Å². The van der Waals surface area contributed by atoms with E-state index in [4.69, 9.17) is 23.7 Å². The van der Waals surface area contributed by atoms with Crippen LogP contribution in [-0.2, 0) is 32.6 Å². The first-order valence-electron chi connectivity index (χ1n) is 16.0. The van der Waals surface area contributed by atoms with E-state index < -0.39 is 7.26 Å². The topological polar surface area (TPSA) is 127 Å². The van der Waals surface area contributed by atoms with E-state index in [1.54, 1.807) is 64.8 Å². The fourth-order valence-corrected chi connectivity index (χ4v) is 12.8. The number of hydrogen-bond donors (Lipinski definition) is 4. The molecule has 0 aromatic heterocycles. The normalized spacial score (nSPS) is 12.4. The third kappa shape index (κ3) is 6.98. The van der Waals surface area contributed by atoms with Crippen molar-refractivity contribution in [3.05, 3.63) is 94.0 Å². The molecule has 0 bridgehead atoms. The van der Waals surface area contributed by atoms with E-state index in [1.165, 1.54) is 12.7 Å². The molecule has 0 aliphatic carbocycles. The van der Waals surface area contributed by atoms with Gasteiger partial charge in [0.25, 0.3) is 0 Å². The van der Waals surface area contributed by atoms with Gasteiger partial charge in [-0.2, -0.15) is 0 Å². The van der Waals surface area contributed by atoms with E-state index in [0.717, 1.165) is 12.0 Å². The maximum absolute atomic E-state index is 11.1. The summed E-state index contributed by atoms with van der Waals surface area (Å²) in [6, 6.07) is 19.2. The van der Waals surface area contributed by atoms with Gasteiger partial charge in [-0.1, -0.05) is 0 Å². The second-order valence-corrected chi connectivity index (χ2v) is 15.5. The number of hydrogen-bond acceptors (Lipinski definition) is 9. The summed E-state index contributed by atoms with van der Waals surface area (Å²) in [5.41, 5.74) is 4.40. The number of methoxy groups -OCH3 is 5. The molecule has 48 heavy (non-hydrogen) atoms. The van der Waals surface area contributed by atoms with Crippen LogP contribution in [0.25, 0.3) is 0 Å². The first-order chi connectivity index (χ1) is 23.2. The van der Waals surface area contributed by atoms with Gasteiger partial charge >= 0.3 is 284 Å². The molecule has 0 spiro atoms. The van der Waals surface area contributed by atoms with Crippen LogP contribution in [0.4, 0.5) is 0 Å². The van der Waals surface area contributed by atoms with Crippen molar-refractivity contribution in [3.63, 3.8) is 0 Å². The van der Waals surface area contributed by atoms with Gasteiger partial charge in [0.15, 0.2) is 0 Å². The second-order valence-electron chi connectivity index (χ2n) is 11.8. The quantitative estimate of drug-likeness (QED) is 0.127. The van der Waals surface area contributed by atoms with Crippen LogP contribution in [0.5, 0.6) is 28.7 Å². The molecule has 0 aliphatic rings. The molecule has 4 aromatic carbocycles. The molecule has 260 valence electrons. The van der Waals surface area contributed by atoms with E-state index in [-0.39, 0.29) is 26.4 Å².